The molecule has 2 heterocycles. The van der Waals surface area contributed by atoms with Crippen LogP contribution in [0.15, 0.2) is 186 Å². The number of furan rings is 1. The first-order chi connectivity index (χ1) is 27.5. The zero-order chi connectivity index (χ0) is 37.1. The Morgan fingerprint density at radius 3 is 2.07 bits per heavy atom. The average Bonchev–Trinajstić information content (AvgIpc) is 3.85. The van der Waals surface area contributed by atoms with Crippen molar-refractivity contribution >= 4 is 82.4 Å². The van der Waals surface area contributed by atoms with Gasteiger partial charge in [-0.25, -0.2) is 0 Å². The summed E-state index contributed by atoms with van der Waals surface area (Å²) in [6.45, 7) is 4.76. The van der Waals surface area contributed by atoms with Gasteiger partial charge in [-0.15, -0.1) is 0 Å². The third-order valence-corrected chi connectivity index (χ3v) is 12.3. The topological polar surface area (TPSA) is 21.3 Å². The van der Waals surface area contributed by atoms with E-state index in [0.29, 0.717) is 0 Å². The van der Waals surface area contributed by atoms with Crippen molar-refractivity contribution in [3.63, 3.8) is 0 Å². The van der Waals surface area contributed by atoms with Crippen LogP contribution < -0.4 is 4.90 Å². The lowest BCUT2D eigenvalue weighted by Crippen LogP contribution is -2.15. The highest BCUT2D eigenvalue weighted by Gasteiger charge is 2.37. The summed E-state index contributed by atoms with van der Waals surface area (Å²) in [4.78, 5) is 2.40. The normalized spacial score (nSPS) is 13.3. The summed E-state index contributed by atoms with van der Waals surface area (Å²) < 4.78 is 8.91. The molecule has 0 spiro atoms. The molecule has 0 saturated carbocycles. The summed E-state index contributed by atoms with van der Waals surface area (Å²) in [5.74, 6) is 0. The van der Waals surface area contributed by atoms with Crippen molar-refractivity contribution in [2.24, 2.45) is 0 Å². The van der Waals surface area contributed by atoms with Crippen molar-refractivity contribution in [2.45, 2.75) is 19.3 Å². The van der Waals surface area contributed by atoms with Crippen LogP contribution in [0.2, 0.25) is 0 Å². The third-order valence-electron chi connectivity index (χ3n) is 12.3. The molecule has 0 bridgehead atoms. The van der Waals surface area contributed by atoms with E-state index >= 15 is 0 Å². The summed E-state index contributed by atoms with van der Waals surface area (Å²) in [5.41, 5.74) is 13.9. The van der Waals surface area contributed by atoms with E-state index in [0.717, 1.165) is 44.7 Å². The van der Waals surface area contributed by atoms with Gasteiger partial charge in [0.25, 0.3) is 0 Å². The molecule has 0 aliphatic heterocycles. The van der Waals surface area contributed by atoms with Gasteiger partial charge in [0.05, 0.1) is 16.7 Å². The van der Waals surface area contributed by atoms with E-state index in [1.165, 1.54) is 65.6 Å². The Morgan fingerprint density at radius 1 is 0.446 bits per heavy atom. The Balaban J connectivity index is 1.14. The molecule has 11 aromatic rings. The summed E-state index contributed by atoms with van der Waals surface area (Å²) in [6, 6.07) is 66.4. The maximum Gasteiger partial charge on any atom is 0.137 e. The largest absolute Gasteiger partial charge is 0.456 e. The lowest BCUT2D eigenvalue weighted by molar-refractivity contribution is 0.666. The number of rotatable bonds is 4. The van der Waals surface area contributed by atoms with Crippen molar-refractivity contribution in [3.05, 3.63) is 193 Å². The predicted octanol–water partition coefficient (Wildman–Crippen LogP) is 14.8. The maximum atomic E-state index is 6.46. The molecule has 0 amide bonds. The highest BCUT2D eigenvalue weighted by molar-refractivity contribution is 6.16. The average molecular weight is 717 g/mol. The van der Waals surface area contributed by atoms with Crippen molar-refractivity contribution in [1.29, 1.82) is 0 Å². The molecule has 0 radical (unpaired) electrons. The van der Waals surface area contributed by atoms with Gasteiger partial charge in [0.2, 0.25) is 0 Å². The van der Waals surface area contributed by atoms with Gasteiger partial charge in [-0.2, -0.15) is 0 Å². The van der Waals surface area contributed by atoms with Gasteiger partial charge in [-0.1, -0.05) is 123 Å². The maximum absolute atomic E-state index is 6.46. The number of para-hydroxylation sites is 2. The molecule has 1 aliphatic carbocycles. The first-order valence-corrected chi connectivity index (χ1v) is 19.4. The molecule has 56 heavy (non-hydrogen) atoms. The molecule has 3 nitrogen and oxygen atoms in total. The van der Waals surface area contributed by atoms with Crippen LogP contribution in [0.3, 0.4) is 0 Å². The van der Waals surface area contributed by atoms with Gasteiger partial charge in [-0.3, -0.25) is 0 Å². The second-order valence-electron chi connectivity index (χ2n) is 15.7. The van der Waals surface area contributed by atoms with E-state index in [1.807, 2.05) is 12.1 Å². The van der Waals surface area contributed by atoms with Gasteiger partial charge in [0.1, 0.15) is 11.2 Å². The highest BCUT2D eigenvalue weighted by Crippen LogP contribution is 2.52. The van der Waals surface area contributed by atoms with Crippen molar-refractivity contribution in [3.8, 4) is 16.8 Å². The minimum atomic E-state index is -0.115. The Labute approximate surface area is 324 Å². The number of benzene rings is 9. The number of hydrogen-bond donors (Lipinski definition) is 0. The van der Waals surface area contributed by atoms with Gasteiger partial charge < -0.3 is 13.9 Å². The molecule has 3 heteroatoms. The van der Waals surface area contributed by atoms with E-state index in [-0.39, 0.29) is 5.41 Å². The predicted molar refractivity (Wildman–Crippen MR) is 235 cm³/mol. The first-order valence-electron chi connectivity index (χ1n) is 19.4. The molecule has 9 aromatic carbocycles. The zero-order valence-electron chi connectivity index (χ0n) is 31.1. The van der Waals surface area contributed by atoms with Crippen LogP contribution in [0.4, 0.5) is 17.1 Å². The minimum absolute atomic E-state index is 0.115. The second-order valence-corrected chi connectivity index (χ2v) is 15.7. The molecule has 264 valence electrons. The fourth-order valence-corrected chi connectivity index (χ4v) is 9.80. The molecule has 12 rings (SSSR count). The Kier molecular flexibility index (Phi) is 6.40. The van der Waals surface area contributed by atoms with Crippen molar-refractivity contribution < 1.29 is 4.42 Å². The first kappa shape index (κ1) is 31.3. The summed E-state index contributed by atoms with van der Waals surface area (Å²) in [6.07, 6.45) is 0. The van der Waals surface area contributed by atoms with E-state index in [9.17, 15) is 0 Å². The van der Waals surface area contributed by atoms with Crippen LogP contribution >= 0.6 is 0 Å². The number of hydrogen-bond acceptors (Lipinski definition) is 2. The monoisotopic (exact) mass is 716 g/mol. The van der Waals surface area contributed by atoms with Gasteiger partial charge in [0, 0.05) is 55.5 Å². The molecule has 0 atom stereocenters. The molecule has 0 N–H and O–H groups in total. The molecule has 2 aromatic heterocycles. The second kappa shape index (κ2) is 11.5. The number of nitrogens with zero attached hydrogens (tertiary/aromatic N) is 2. The summed E-state index contributed by atoms with van der Waals surface area (Å²) in [7, 11) is 0. The van der Waals surface area contributed by atoms with E-state index < -0.39 is 0 Å². The Hall–Kier alpha value is -7.10. The van der Waals surface area contributed by atoms with Gasteiger partial charge in [0.15, 0.2) is 0 Å². The fraction of sp³-hybridized carbons (Fsp3) is 0.0566. The smallest absolute Gasteiger partial charge is 0.137 e. The van der Waals surface area contributed by atoms with Crippen LogP contribution in [0.5, 0.6) is 0 Å². The quantitative estimate of drug-likeness (QED) is 0.181. The lowest BCUT2D eigenvalue weighted by atomic mass is 9.80. The van der Waals surface area contributed by atoms with Crippen molar-refractivity contribution in [1.82, 2.24) is 4.57 Å². The number of anilines is 3. The molecule has 0 unspecified atom stereocenters. The van der Waals surface area contributed by atoms with Crippen LogP contribution in [-0.4, -0.2) is 4.57 Å². The standard InChI is InChI=1S/C53H36N2O/c1-53(2)46-20-10-8-18-39(46)42-26-23-34-29-44-45-30-36(25-28-48(45)55(35-15-4-3-5-16-35)49(44)32-43(34)52(42)53)54(47-21-12-14-33-13-6-7-17-38(33)47)37-24-27-41-40-19-9-11-22-50(40)56-51(41)31-37/h3-32H,1-2H3. The van der Waals surface area contributed by atoms with Crippen LogP contribution in [-0.2, 0) is 5.41 Å². The SMILES string of the molecule is CC1(C)c2ccccc2-c2ccc3cc4c5cc(N(c6ccc7c(c6)oc6ccccc67)c6cccc7ccccc67)ccc5n(-c5ccccc5)c4cc3c21. The minimum Gasteiger partial charge on any atom is -0.456 e. The van der Waals surface area contributed by atoms with Crippen LogP contribution in [0.1, 0.15) is 25.0 Å². The van der Waals surface area contributed by atoms with E-state index in [1.54, 1.807) is 0 Å². The summed E-state index contributed by atoms with van der Waals surface area (Å²) in [5, 5.41) is 9.65. The molecular formula is C53H36N2O. The Morgan fingerprint density at radius 2 is 1.16 bits per heavy atom. The molecule has 1 aliphatic rings. The van der Waals surface area contributed by atoms with Crippen LogP contribution in [0, 0.1) is 0 Å². The van der Waals surface area contributed by atoms with Gasteiger partial charge >= 0.3 is 0 Å². The lowest BCUT2D eigenvalue weighted by Gasteiger charge is -2.27. The van der Waals surface area contributed by atoms with Crippen molar-refractivity contribution in [2.75, 3.05) is 4.90 Å². The van der Waals surface area contributed by atoms with E-state index in [2.05, 4.69) is 193 Å². The number of aromatic nitrogens is 1. The molecular weight excluding hydrogens is 681 g/mol. The zero-order valence-corrected chi connectivity index (χ0v) is 31.1. The fourth-order valence-electron chi connectivity index (χ4n) is 9.80. The van der Waals surface area contributed by atoms with E-state index in [4.69, 9.17) is 4.42 Å². The Bertz CT molecular complexity index is 3400. The third kappa shape index (κ3) is 4.34. The molecule has 0 saturated heterocycles. The molecule has 0 fully saturated rings. The number of fused-ring (bicyclic) bond motifs is 12. The highest BCUT2D eigenvalue weighted by atomic mass is 16.3. The van der Waals surface area contributed by atoms with Crippen LogP contribution in [0.25, 0.3) is 82.1 Å². The van der Waals surface area contributed by atoms with Gasteiger partial charge in [-0.05, 0) is 105 Å². The summed E-state index contributed by atoms with van der Waals surface area (Å²) >= 11 is 0.